The van der Waals surface area contributed by atoms with Crippen molar-refractivity contribution in [3.8, 4) is 0 Å². The van der Waals surface area contributed by atoms with E-state index in [-0.39, 0.29) is 0 Å². The lowest BCUT2D eigenvalue weighted by Crippen LogP contribution is -2.17. The molecule has 1 N–H and O–H groups in total. The molecule has 1 heterocycles. The number of nitrogens with one attached hydrogen (secondary N) is 1. The van der Waals surface area contributed by atoms with Gasteiger partial charge in [-0.1, -0.05) is 20.8 Å². The van der Waals surface area contributed by atoms with Crippen molar-refractivity contribution in [3.05, 3.63) is 10.0 Å². The number of rotatable bonds is 7. The number of hydrogen-bond acceptors (Lipinski definition) is 4. The fraction of sp³-hybridized carbons (Fsp3) is 0.818. The third kappa shape index (κ3) is 4.26. The van der Waals surface area contributed by atoms with E-state index in [1.807, 2.05) is 0 Å². The molecule has 0 amide bonds. The average Bonchev–Trinajstić information content (AvgIpc) is 2.72. The van der Waals surface area contributed by atoms with Crippen LogP contribution in [0.3, 0.4) is 0 Å². The van der Waals surface area contributed by atoms with E-state index in [2.05, 4.69) is 36.3 Å². The van der Waals surface area contributed by atoms with Gasteiger partial charge in [-0.3, -0.25) is 0 Å². The van der Waals surface area contributed by atoms with E-state index in [9.17, 15) is 0 Å². The molecule has 1 rings (SSSR count). The smallest absolute Gasteiger partial charge is 0.120 e. The first kappa shape index (κ1) is 12.6. The molecular formula is C11H21N3S. The van der Waals surface area contributed by atoms with Crippen molar-refractivity contribution in [1.29, 1.82) is 0 Å². The normalized spacial score (nSPS) is 13.0. The summed E-state index contributed by atoms with van der Waals surface area (Å²) in [6.07, 6.45) is 3.34. The Morgan fingerprint density at radius 1 is 1.27 bits per heavy atom. The van der Waals surface area contributed by atoms with E-state index in [4.69, 9.17) is 0 Å². The van der Waals surface area contributed by atoms with Gasteiger partial charge in [-0.05, 0) is 19.4 Å². The van der Waals surface area contributed by atoms with Gasteiger partial charge in [0, 0.05) is 18.9 Å². The fourth-order valence-electron chi connectivity index (χ4n) is 1.24. The Morgan fingerprint density at radius 2 is 2.07 bits per heavy atom. The summed E-state index contributed by atoms with van der Waals surface area (Å²) in [5.41, 5.74) is 0. The van der Waals surface area contributed by atoms with Crippen molar-refractivity contribution in [2.45, 2.75) is 46.0 Å². The first-order chi connectivity index (χ1) is 7.27. The van der Waals surface area contributed by atoms with Gasteiger partial charge in [0.1, 0.15) is 10.0 Å². The van der Waals surface area contributed by atoms with E-state index < -0.39 is 0 Å². The molecular weight excluding hydrogens is 206 g/mol. The van der Waals surface area contributed by atoms with E-state index in [1.54, 1.807) is 11.3 Å². The maximum atomic E-state index is 4.23. The average molecular weight is 227 g/mol. The molecule has 0 radical (unpaired) electrons. The van der Waals surface area contributed by atoms with Crippen LogP contribution in [0.4, 0.5) is 0 Å². The molecule has 3 nitrogen and oxygen atoms in total. The maximum Gasteiger partial charge on any atom is 0.120 e. The molecule has 86 valence electrons. The van der Waals surface area contributed by atoms with Gasteiger partial charge < -0.3 is 5.32 Å². The zero-order valence-electron chi connectivity index (χ0n) is 9.92. The highest BCUT2D eigenvalue weighted by Crippen LogP contribution is 2.22. The predicted molar refractivity (Wildman–Crippen MR) is 65.5 cm³/mol. The molecule has 15 heavy (non-hydrogen) atoms. The standard InChI is InChI=1S/C11H21N3S/c1-4-7-12-8-6-10-13-14-11(15-10)9(3)5-2/h9,12H,4-8H2,1-3H3. The largest absolute Gasteiger partial charge is 0.316 e. The Balaban J connectivity index is 2.33. The molecule has 4 heteroatoms. The predicted octanol–water partition coefficient (Wildman–Crippen LogP) is 2.59. The Hall–Kier alpha value is -0.480. The first-order valence-corrected chi connectivity index (χ1v) is 6.62. The van der Waals surface area contributed by atoms with Crippen LogP contribution in [-0.2, 0) is 6.42 Å². The minimum atomic E-state index is 0.555. The van der Waals surface area contributed by atoms with Crippen LogP contribution in [0.15, 0.2) is 0 Å². The monoisotopic (exact) mass is 227 g/mol. The lowest BCUT2D eigenvalue weighted by molar-refractivity contribution is 0.666. The van der Waals surface area contributed by atoms with Crippen molar-refractivity contribution in [3.63, 3.8) is 0 Å². The summed E-state index contributed by atoms with van der Waals surface area (Å²) in [5, 5.41) is 14.2. The van der Waals surface area contributed by atoms with Crippen LogP contribution in [0.1, 0.15) is 49.5 Å². The van der Waals surface area contributed by atoms with Crippen molar-refractivity contribution in [1.82, 2.24) is 15.5 Å². The van der Waals surface area contributed by atoms with E-state index in [0.717, 1.165) is 30.9 Å². The molecule has 0 saturated carbocycles. The highest BCUT2D eigenvalue weighted by atomic mass is 32.1. The van der Waals surface area contributed by atoms with Gasteiger partial charge >= 0.3 is 0 Å². The Bertz CT molecular complexity index is 273. The second-order valence-corrected chi connectivity index (χ2v) is 4.94. The van der Waals surface area contributed by atoms with Crippen LogP contribution < -0.4 is 5.32 Å². The van der Waals surface area contributed by atoms with Gasteiger partial charge in [-0.25, -0.2) is 0 Å². The van der Waals surface area contributed by atoms with Crippen molar-refractivity contribution >= 4 is 11.3 Å². The summed E-state index contributed by atoms with van der Waals surface area (Å²) >= 11 is 1.76. The molecule has 0 saturated heterocycles. The van der Waals surface area contributed by atoms with Crippen LogP contribution in [0.5, 0.6) is 0 Å². The number of hydrogen-bond donors (Lipinski definition) is 1. The summed E-state index contributed by atoms with van der Waals surface area (Å²) in [6.45, 7) is 8.69. The van der Waals surface area contributed by atoms with Gasteiger partial charge in [0.2, 0.25) is 0 Å². The second-order valence-electron chi connectivity index (χ2n) is 3.84. The third-order valence-corrected chi connectivity index (χ3v) is 3.67. The van der Waals surface area contributed by atoms with Crippen LogP contribution in [0.25, 0.3) is 0 Å². The highest BCUT2D eigenvalue weighted by Gasteiger charge is 2.09. The van der Waals surface area contributed by atoms with Gasteiger partial charge in [0.25, 0.3) is 0 Å². The van der Waals surface area contributed by atoms with E-state index in [1.165, 1.54) is 11.4 Å². The Labute approximate surface area is 96.3 Å². The third-order valence-electron chi connectivity index (χ3n) is 2.46. The molecule has 1 aromatic heterocycles. The van der Waals surface area contributed by atoms with E-state index >= 15 is 0 Å². The van der Waals surface area contributed by atoms with Gasteiger partial charge in [0.15, 0.2) is 0 Å². The number of aromatic nitrogens is 2. The molecule has 1 atom stereocenters. The summed E-state index contributed by atoms with van der Waals surface area (Å²) in [7, 11) is 0. The minimum absolute atomic E-state index is 0.555. The molecule has 0 aliphatic carbocycles. The van der Waals surface area contributed by atoms with Crippen molar-refractivity contribution in [2.24, 2.45) is 0 Å². The summed E-state index contributed by atoms with van der Waals surface area (Å²) in [6, 6.07) is 0. The zero-order chi connectivity index (χ0) is 11.1. The van der Waals surface area contributed by atoms with Crippen molar-refractivity contribution < 1.29 is 0 Å². The quantitative estimate of drug-likeness (QED) is 0.728. The molecule has 0 aliphatic heterocycles. The highest BCUT2D eigenvalue weighted by molar-refractivity contribution is 7.11. The topological polar surface area (TPSA) is 37.8 Å². The summed E-state index contributed by atoms with van der Waals surface area (Å²) < 4.78 is 0. The molecule has 0 aromatic carbocycles. The molecule has 0 spiro atoms. The fourth-order valence-corrected chi connectivity index (χ4v) is 2.22. The van der Waals surface area contributed by atoms with Crippen molar-refractivity contribution in [2.75, 3.05) is 13.1 Å². The van der Waals surface area contributed by atoms with Gasteiger partial charge in [-0.2, -0.15) is 0 Å². The Kier molecular flexibility index (Phi) is 5.79. The zero-order valence-corrected chi connectivity index (χ0v) is 10.7. The van der Waals surface area contributed by atoms with Crippen LogP contribution >= 0.6 is 11.3 Å². The van der Waals surface area contributed by atoms with Gasteiger partial charge in [0.05, 0.1) is 0 Å². The maximum absolute atomic E-state index is 4.23. The Morgan fingerprint density at radius 3 is 2.73 bits per heavy atom. The lowest BCUT2D eigenvalue weighted by atomic mass is 10.1. The minimum Gasteiger partial charge on any atom is -0.316 e. The molecule has 1 aromatic rings. The molecule has 0 aliphatic rings. The molecule has 0 bridgehead atoms. The van der Waals surface area contributed by atoms with Crippen LogP contribution in [0.2, 0.25) is 0 Å². The number of nitrogens with zero attached hydrogens (tertiary/aromatic N) is 2. The summed E-state index contributed by atoms with van der Waals surface area (Å²) in [5.74, 6) is 0.555. The SMILES string of the molecule is CCCNCCc1nnc(C(C)CC)s1. The van der Waals surface area contributed by atoms with Crippen LogP contribution in [-0.4, -0.2) is 23.3 Å². The van der Waals surface area contributed by atoms with Crippen LogP contribution in [0, 0.1) is 0 Å². The van der Waals surface area contributed by atoms with E-state index in [0.29, 0.717) is 5.92 Å². The first-order valence-electron chi connectivity index (χ1n) is 5.80. The summed E-state index contributed by atoms with van der Waals surface area (Å²) in [4.78, 5) is 0. The lowest BCUT2D eigenvalue weighted by Gasteiger charge is -2.00. The molecule has 0 fully saturated rings. The van der Waals surface area contributed by atoms with Gasteiger partial charge in [-0.15, -0.1) is 21.5 Å². The second kappa shape index (κ2) is 6.90. The molecule has 1 unspecified atom stereocenters.